The van der Waals surface area contributed by atoms with E-state index in [1.54, 1.807) is 0 Å². The first-order valence-corrected chi connectivity index (χ1v) is 13.5. The maximum atomic E-state index is 9.22. The summed E-state index contributed by atoms with van der Waals surface area (Å²) >= 11 is 0. The fourth-order valence-corrected chi connectivity index (χ4v) is 5.54. The first-order chi connectivity index (χ1) is 32.3. The van der Waals surface area contributed by atoms with Crippen LogP contribution in [0.1, 0.15) is 32.9 Å². The van der Waals surface area contributed by atoms with Gasteiger partial charge >= 0.3 is 0 Å². The molecule has 45 heavy (non-hydrogen) atoms. The van der Waals surface area contributed by atoms with Crippen molar-refractivity contribution >= 4 is 43.5 Å². The Morgan fingerprint density at radius 3 is 1.20 bits per heavy atom. The molecule has 0 N–H and O–H groups in total. The summed E-state index contributed by atoms with van der Waals surface area (Å²) in [7, 11) is 0. The molecule has 1 heteroatoms. The van der Waals surface area contributed by atoms with Gasteiger partial charge in [0.25, 0.3) is 0 Å². The number of benzene rings is 8. The van der Waals surface area contributed by atoms with Gasteiger partial charge in [-0.05, 0) is 54.9 Å². The van der Waals surface area contributed by atoms with Crippen molar-refractivity contribution in [3.63, 3.8) is 0 Å². The van der Waals surface area contributed by atoms with Gasteiger partial charge in [-0.1, -0.05) is 169 Å². The minimum absolute atomic E-state index is 0.0432. The van der Waals surface area contributed by atoms with E-state index in [1.807, 2.05) is 0 Å². The van der Waals surface area contributed by atoms with E-state index in [1.165, 1.54) is 24.3 Å². The lowest BCUT2D eigenvalue weighted by atomic mass is 9.85. The molecule has 0 spiro atoms. The van der Waals surface area contributed by atoms with Gasteiger partial charge in [-0.2, -0.15) is 0 Å². The van der Waals surface area contributed by atoms with Crippen molar-refractivity contribution in [1.29, 1.82) is 0 Å². The van der Waals surface area contributed by atoms with Crippen LogP contribution in [0.2, 0.25) is 0 Å². The van der Waals surface area contributed by atoms with Crippen molar-refractivity contribution in [3.05, 3.63) is 169 Å². The van der Waals surface area contributed by atoms with Gasteiger partial charge in [0, 0.05) is 21.9 Å². The summed E-state index contributed by atoms with van der Waals surface area (Å²) in [4.78, 5) is 0. The second-order valence-electron chi connectivity index (χ2n) is 9.84. The third-order valence-corrected chi connectivity index (χ3v) is 7.45. The van der Waals surface area contributed by atoms with E-state index >= 15 is 0 Å². The smallest absolute Gasteiger partial charge is 0.143 e. The highest BCUT2D eigenvalue weighted by atomic mass is 16.3. The molecule has 9 rings (SSSR count). The zero-order valence-corrected chi connectivity index (χ0v) is 22.7. The molecular weight excluding hydrogens is 544 g/mol. The fraction of sp³-hybridized carbons (Fsp3) is 0. The second-order valence-corrected chi connectivity index (χ2v) is 9.84. The van der Waals surface area contributed by atoms with E-state index in [0.717, 1.165) is 0 Å². The van der Waals surface area contributed by atoms with E-state index in [4.69, 9.17) is 31.8 Å². The highest BCUT2D eigenvalue weighted by Crippen LogP contribution is 2.44. The number of para-hydroxylation sites is 2. The quantitative estimate of drug-likeness (QED) is 0.184. The van der Waals surface area contributed by atoms with Gasteiger partial charge in [0.2, 0.25) is 0 Å². The molecule has 0 saturated heterocycles. The molecule has 1 aromatic heterocycles. The van der Waals surface area contributed by atoms with Crippen LogP contribution in [-0.2, 0) is 0 Å². The molecule has 1 heterocycles. The molecule has 0 amide bonds. The second kappa shape index (κ2) is 10.4. The lowest BCUT2D eigenvalue weighted by Crippen LogP contribution is -1.90. The lowest BCUT2D eigenvalue weighted by molar-refractivity contribution is 0.671. The normalized spacial score (nSPS) is 19.0. The third kappa shape index (κ3) is 4.09. The van der Waals surface area contributed by atoms with Crippen molar-refractivity contribution in [2.75, 3.05) is 0 Å². The predicted molar refractivity (Wildman–Crippen MR) is 190 cm³/mol. The van der Waals surface area contributed by atoms with Gasteiger partial charge in [-0.3, -0.25) is 0 Å². The molecule has 0 radical (unpaired) electrons. The van der Waals surface area contributed by atoms with Crippen LogP contribution in [0, 0.1) is 0 Å². The Kier molecular flexibility index (Phi) is 2.58. The Bertz CT molecular complexity index is 3740. The average Bonchev–Trinajstić information content (AvgIpc) is 3.73. The molecule has 8 aromatic carbocycles. The van der Waals surface area contributed by atoms with Crippen LogP contribution in [0.4, 0.5) is 0 Å². The minimum Gasteiger partial charge on any atom is -0.455 e. The van der Waals surface area contributed by atoms with Crippen LogP contribution in [-0.4, -0.2) is 0 Å². The molecule has 210 valence electrons. The summed E-state index contributed by atoms with van der Waals surface area (Å²) in [6, 6.07) is -12.5. The molecular formula is C44H28O. The lowest BCUT2D eigenvalue weighted by Gasteiger charge is -2.18. The standard InChI is InChI=1S/C44H28O/c1-3-13-29(14-4-1)33-21-11-23-39-40-24-12-22-34(44(40)45-43(33)39)30-25-27-32(28-26-30)42-37-19-9-7-17-35(37)41(31-15-5-2-6-16-31)36-18-8-10-20-38(36)42/h1-28H/i1D,2D,3D,4D,5D,6D,7D,8D,9D,10D,11D,12D,13D,14D,15D,16D,17D,18D,19D,20D,21D,22D,23D,24D. The van der Waals surface area contributed by atoms with E-state index in [-0.39, 0.29) is 49.4 Å². The Balaban J connectivity index is 1.41. The number of hydrogen-bond acceptors (Lipinski definition) is 1. The predicted octanol–water partition coefficient (Wildman–Crippen LogP) is 12.6. The van der Waals surface area contributed by atoms with E-state index in [2.05, 4.69) is 0 Å². The van der Waals surface area contributed by atoms with Crippen LogP contribution in [0.25, 0.3) is 88.0 Å². The highest BCUT2D eigenvalue weighted by molar-refractivity contribution is 6.21. The molecule has 0 aliphatic heterocycles. The van der Waals surface area contributed by atoms with Gasteiger partial charge in [0.15, 0.2) is 0 Å². The number of furan rings is 1. The van der Waals surface area contributed by atoms with E-state index in [9.17, 15) is 5.48 Å². The van der Waals surface area contributed by atoms with E-state index in [0.29, 0.717) is 0 Å². The Labute approximate surface area is 295 Å². The summed E-state index contributed by atoms with van der Waals surface area (Å²) in [5.41, 5.74) is -3.08. The molecule has 0 bridgehead atoms. The maximum Gasteiger partial charge on any atom is 0.143 e. The molecule has 0 unspecified atom stereocenters. The SMILES string of the molecule is [2H]c1c([2H])c([2H])c(-c2c([2H])c([2H])c([2H])c3c2oc2c(-c4ccc(-c5c6c([2H])c([2H])c([2H])c([2H])c6c(-c6c([2H])c([2H])c([2H])c([2H])c6[2H])c6c([2H])c([2H])c([2H])c([2H])c56)cc4)c([2H])c([2H])c([2H])c23)c([2H])c1[2H]. The van der Waals surface area contributed by atoms with Crippen molar-refractivity contribution in [2.24, 2.45) is 0 Å². The first-order valence-electron chi connectivity index (χ1n) is 25.5. The Morgan fingerprint density at radius 1 is 0.311 bits per heavy atom. The summed E-state index contributed by atoms with van der Waals surface area (Å²) in [5, 5.41) is -2.14. The maximum absolute atomic E-state index is 9.22. The van der Waals surface area contributed by atoms with E-state index < -0.39 is 184 Å². The Hall–Kier alpha value is -5.92. The zero-order chi connectivity index (χ0) is 50.6. The van der Waals surface area contributed by atoms with Crippen molar-refractivity contribution in [2.45, 2.75) is 0 Å². The van der Waals surface area contributed by atoms with Crippen LogP contribution < -0.4 is 0 Å². The van der Waals surface area contributed by atoms with Gasteiger partial charge < -0.3 is 4.42 Å². The third-order valence-electron chi connectivity index (χ3n) is 7.45. The summed E-state index contributed by atoms with van der Waals surface area (Å²) in [6.45, 7) is 0. The van der Waals surface area contributed by atoms with Crippen molar-refractivity contribution < 1.29 is 37.3 Å². The zero-order valence-electron chi connectivity index (χ0n) is 46.7. The van der Waals surface area contributed by atoms with Gasteiger partial charge in [-0.15, -0.1) is 0 Å². The topological polar surface area (TPSA) is 13.1 Å². The van der Waals surface area contributed by atoms with Crippen molar-refractivity contribution in [3.8, 4) is 44.5 Å². The van der Waals surface area contributed by atoms with Crippen LogP contribution in [0.3, 0.4) is 0 Å². The number of rotatable bonds is 4. The molecule has 1 nitrogen and oxygen atoms in total. The summed E-state index contributed by atoms with van der Waals surface area (Å²) < 4.78 is 216. The molecule has 0 atom stereocenters. The summed E-state index contributed by atoms with van der Waals surface area (Å²) in [5.74, 6) is 0. The van der Waals surface area contributed by atoms with Crippen molar-refractivity contribution in [1.82, 2.24) is 0 Å². The van der Waals surface area contributed by atoms with Crippen LogP contribution in [0.5, 0.6) is 0 Å². The average molecular weight is 597 g/mol. The van der Waals surface area contributed by atoms with Gasteiger partial charge in [0.05, 0.1) is 32.9 Å². The van der Waals surface area contributed by atoms with Gasteiger partial charge in [-0.25, -0.2) is 0 Å². The molecule has 0 aliphatic carbocycles. The molecule has 0 fully saturated rings. The monoisotopic (exact) mass is 596 g/mol. The summed E-state index contributed by atoms with van der Waals surface area (Å²) in [6.07, 6.45) is 0. The van der Waals surface area contributed by atoms with Crippen LogP contribution >= 0.6 is 0 Å². The fourth-order valence-electron chi connectivity index (χ4n) is 5.54. The molecule has 0 saturated carbocycles. The Morgan fingerprint density at radius 2 is 0.689 bits per heavy atom. The largest absolute Gasteiger partial charge is 0.455 e. The van der Waals surface area contributed by atoms with Crippen LogP contribution in [0.15, 0.2) is 174 Å². The minimum atomic E-state index is -0.820. The molecule has 0 aliphatic rings. The number of fused-ring (bicyclic) bond motifs is 5. The first kappa shape index (κ1) is 11.2. The number of hydrogen-bond donors (Lipinski definition) is 0. The molecule has 9 aromatic rings. The highest BCUT2D eigenvalue weighted by Gasteiger charge is 2.18. The van der Waals surface area contributed by atoms with Gasteiger partial charge in [0.1, 0.15) is 11.2 Å².